The summed E-state index contributed by atoms with van der Waals surface area (Å²) in [5.74, 6) is 1.48. The summed E-state index contributed by atoms with van der Waals surface area (Å²) in [5.41, 5.74) is 5.99. The molecule has 0 radical (unpaired) electrons. The van der Waals surface area contributed by atoms with Crippen molar-refractivity contribution in [2.24, 2.45) is 0 Å². The molecule has 0 saturated carbocycles. The molecule has 1 aliphatic heterocycles. The van der Waals surface area contributed by atoms with Gasteiger partial charge < -0.3 is 9.47 Å². The van der Waals surface area contributed by atoms with Gasteiger partial charge in [-0.15, -0.1) is 0 Å². The summed E-state index contributed by atoms with van der Waals surface area (Å²) in [6, 6.07) is 15.2. The molecule has 1 heterocycles. The maximum absolute atomic E-state index is 12.1. The normalized spacial score (nSPS) is 16.4. The molecule has 1 atom stereocenters. The van der Waals surface area contributed by atoms with Crippen LogP contribution in [-0.2, 0) is 4.79 Å². The highest BCUT2D eigenvalue weighted by Gasteiger charge is 2.30. The fourth-order valence-corrected chi connectivity index (χ4v) is 2.81. The number of nitrogens with one attached hydrogen (secondary N) is 1. The van der Waals surface area contributed by atoms with Crippen molar-refractivity contribution in [3.63, 3.8) is 0 Å². The summed E-state index contributed by atoms with van der Waals surface area (Å²) in [7, 11) is 3.27. The largest absolute Gasteiger partial charge is 0.497 e. The Morgan fingerprint density at radius 1 is 1.04 bits per heavy atom. The standard InChI is InChI=1S/C19H20N2O3/c1-13(22)21-18(16-6-4-5-7-19(16)24-3)12-17(20-21)14-8-10-15(23-2)11-9-14/h4-12,18,20H,1-3H3/t18-/m1/s1. The predicted molar refractivity (Wildman–Crippen MR) is 92.4 cm³/mol. The van der Waals surface area contributed by atoms with Crippen LogP contribution in [0.5, 0.6) is 11.5 Å². The second-order valence-electron chi connectivity index (χ2n) is 5.50. The first kappa shape index (κ1) is 15.9. The molecule has 2 aromatic rings. The third-order valence-corrected chi connectivity index (χ3v) is 4.04. The highest BCUT2D eigenvalue weighted by atomic mass is 16.5. The lowest BCUT2D eigenvalue weighted by molar-refractivity contribution is -0.132. The van der Waals surface area contributed by atoms with Gasteiger partial charge in [-0.25, -0.2) is 5.01 Å². The van der Waals surface area contributed by atoms with E-state index in [1.807, 2.05) is 54.6 Å². The Balaban J connectivity index is 1.99. The lowest BCUT2D eigenvalue weighted by Crippen LogP contribution is -2.37. The highest BCUT2D eigenvalue weighted by Crippen LogP contribution is 2.36. The van der Waals surface area contributed by atoms with Gasteiger partial charge in [-0.05, 0) is 42.0 Å². The number of rotatable bonds is 4. The molecule has 124 valence electrons. The van der Waals surface area contributed by atoms with Crippen molar-refractivity contribution in [1.29, 1.82) is 0 Å². The van der Waals surface area contributed by atoms with Gasteiger partial charge in [0.2, 0.25) is 5.91 Å². The number of hydrogen-bond donors (Lipinski definition) is 1. The Kier molecular flexibility index (Phi) is 4.42. The number of carbonyl (C=O) groups excluding carboxylic acids is 1. The molecule has 0 spiro atoms. The molecule has 0 saturated heterocycles. The Bertz CT molecular complexity index is 768. The van der Waals surface area contributed by atoms with Gasteiger partial charge in [0.25, 0.3) is 0 Å². The zero-order valence-electron chi connectivity index (χ0n) is 13.9. The van der Waals surface area contributed by atoms with Crippen LogP contribution in [0.1, 0.15) is 24.1 Å². The monoisotopic (exact) mass is 324 g/mol. The molecule has 3 rings (SSSR count). The minimum Gasteiger partial charge on any atom is -0.497 e. The van der Waals surface area contributed by atoms with Crippen LogP contribution < -0.4 is 14.9 Å². The molecule has 0 fully saturated rings. The summed E-state index contributed by atoms with van der Waals surface area (Å²) in [4.78, 5) is 12.1. The highest BCUT2D eigenvalue weighted by molar-refractivity contribution is 5.79. The van der Waals surface area contributed by atoms with E-state index in [-0.39, 0.29) is 11.9 Å². The fraction of sp³-hybridized carbons (Fsp3) is 0.211. The first-order valence-corrected chi connectivity index (χ1v) is 7.69. The second kappa shape index (κ2) is 6.66. The van der Waals surface area contributed by atoms with Crippen molar-refractivity contribution >= 4 is 11.6 Å². The van der Waals surface area contributed by atoms with E-state index in [2.05, 4.69) is 5.43 Å². The molecule has 0 aliphatic carbocycles. The maximum Gasteiger partial charge on any atom is 0.238 e. The van der Waals surface area contributed by atoms with Crippen molar-refractivity contribution in [3.05, 3.63) is 65.7 Å². The van der Waals surface area contributed by atoms with Crippen LogP contribution in [0.3, 0.4) is 0 Å². The van der Waals surface area contributed by atoms with E-state index in [1.54, 1.807) is 26.2 Å². The van der Waals surface area contributed by atoms with Crippen molar-refractivity contribution in [2.45, 2.75) is 13.0 Å². The minimum atomic E-state index is -0.226. The zero-order valence-corrected chi connectivity index (χ0v) is 13.9. The lowest BCUT2D eigenvalue weighted by atomic mass is 10.0. The van der Waals surface area contributed by atoms with Gasteiger partial charge in [-0.2, -0.15) is 0 Å². The smallest absolute Gasteiger partial charge is 0.238 e. The van der Waals surface area contributed by atoms with E-state index >= 15 is 0 Å². The molecule has 5 nitrogen and oxygen atoms in total. The summed E-state index contributed by atoms with van der Waals surface area (Å²) in [5, 5.41) is 1.61. The quantitative estimate of drug-likeness (QED) is 0.939. The summed E-state index contributed by atoms with van der Waals surface area (Å²) in [6.45, 7) is 1.54. The molecule has 5 heteroatoms. The SMILES string of the molecule is COc1ccc(C2=C[C@H](c3ccccc3OC)N(C(C)=O)N2)cc1. The molecule has 1 aliphatic rings. The molecule has 24 heavy (non-hydrogen) atoms. The van der Waals surface area contributed by atoms with Crippen LogP contribution in [0.4, 0.5) is 0 Å². The van der Waals surface area contributed by atoms with Gasteiger partial charge in [-0.1, -0.05) is 18.2 Å². The number of methoxy groups -OCH3 is 2. The fourth-order valence-electron chi connectivity index (χ4n) is 2.81. The maximum atomic E-state index is 12.1. The van der Waals surface area contributed by atoms with Crippen LogP contribution >= 0.6 is 0 Å². The van der Waals surface area contributed by atoms with Crippen molar-refractivity contribution < 1.29 is 14.3 Å². The number of hydrazine groups is 1. The number of para-hydroxylation sites is 1. The van der Waals surface area contributed by atoms with E-state index in [4.69, 9.17) is 9.47 Å². The van der Waals surface area contributed by atoms with Crippen LogP contribution in [0.2, 0.25) is 0 Å². The van der Waals surface area contributed by atoms with E-state index in [9.17, 15) is 4.79 Å². The topological polar surface area (TPSA) is 50.8 Å². The third kappa shape index (κ3) is 2.93. The zero-order chi connectivity index (χ0) is 17.1. The van der Waals surface area contributed by atoms with Gasteiger partial charge in [0, 0.05) is 12.5 Å². The molecular formula is C19H20N2O3. The van der Waals surface area contributed by atoms with E-state index < -0.39 is 0 Å². The third-order valence-electron chi connectivity index (χ3n) is 4.04. The molecule has 1 amide bonds. The summed E-state index contributed by atoms with van der Waals surface area (Å²) >= 11 is 0. The molecule has 2 aromatic carbocycles. The van der Waals surface area contributed by atoms with Crippen molar-refractivity contribution in [1.82, 2.24) is 10.4 Å². The summed E-state index contributed by atoms with van der Waals surface area (Å²) < 4.78 is 10.6. The van der Waals surface area contributed by atoms with Gasteiger partial charge in [0.1, 0.15) is 17.5 Å². The minimum absolute atomic E-state index is 0.0642. The lowest BCUT2D eigenvalue weighted by Gasteiger charge is -2.25. The number of carbonyl (C=O) groups is 1. The van der Waals surface area contributed by atoms with Crippen molar-refractivity contribution in [3.8, 4) is 11.5 Å². The molecule has 1 N–H and O–H groups in total. The van der Waals surface area contributed by atoms with Gasteiger partial charge in [-0.3, -0.25) is 10.2 Å². The first-order valence-electron chi connectivity index (χ1n) is 7.69. The van der Waals surface area contributed by atoms with Crippen LogP contribution in [0.25, 0.3) is 5.70 Å². The number of nitrogens with zero attached hydrogens (tertiary/aromatic N) is 1. The van der Waals surface area contributed by atoms with E-state index in [0.717, 1.165) is 28.3 Å². The van der Waals surface area contributed by atoms with Crippen LogP contribution in [0, 0.1) is 0 Å². The Hall–Kier alpha value is -2.95. The molecule has 0 aromatic heterocycles. The van der Waals surface area contributed by atoms with Crippen LogP contribution in [0.15, 0.2) is 54.6 Å². The number of hydrogen-bond acceptors (Lipinski definition) is 4. The molecule has 0 unspecified atom stereocenters. The van der Waals surface area contributed by atoms with Gasteiger partial charge >= 0.3 is 0 Å². The van der Waals surface area contributed by atoms with E-state index in [0.29, 0.717) is 0 Å². The Morgan fingerprint density at radius 2 is 1.75 bits per heavy atom. The van der Waals surface area contributed by atoms with Gasteiger partial charge in [0.15, 0.2) is 0 Å². The number of benzene rings is 2. The summed E-state index contributed by atoms with van der Waals surface area (Å²) in [6.07, 6.45) is 2.03. The average Bonchev–Trinajstić information content (AvgIpc) is 3.07. The number of amides is 1. The van der Waals surface area contributed by atoms with E-state index in [1.165, 1.54) is 0 Å². The van der Waals surface area contributed by atoms with Crippen LogP contribution in [-0.4, -0.2) is 25.1 Å². The molecule has 0 bridgehead atoms. The number of ether oxygens (including phenoxy) is 2. The second-order valence-corrected chi connectivity index (χ2v) is 5.50. The Labute approximate surface area is 141 Å². The van der Waals surface area contributed by atoms with Gasteiger partial charge in [0.05, 0.1) is 19.9 Å². The predicted octanol–water partition coefficient (Wildman–Crippen LogP) is 3.15. The van der Waals surface area contributed by atoms with Crippen molar-refractivity contribution in [2.75, 3.05) is 14.2 Å². The first-order chi connectivity index (χ1) is 11.6. The average molecular weight is 324 g/mol. The molecular weight excluding hydrogens is 304 g/mol. The Morgan fingerprint density at radius 3 is 2.38 bits per heavy atom.